The topological polar surface area (TPSA) is 133 Å². The predicted molar refractivity (Wildman–Crippen MR) is 138 cm³/mol. The molecule has 2 saturated heterocycles. The van der Waals surface area contributed by atoms with Gasteiger partial charge in [0.1, 0.15) is 0 Å². The summed E-state index contributed by atoms with van der Waals surface area (Å²) in [6, 6.07) is 12.9. The maximum atomic E-state index is 12.6. The number of carbonyl (C=O) groups excluding carboxylic acids is 2. The lowest BCUT2D eigenvalue weighted by molar-refractivity contribution is -0.385. The first-order valence-corrected chi connectivity index (χ1v) is 12.4. The van der Waals surface area contributed by atoms with Crippen molar-refractivity contribution >= 4 is 34.6 Å². The molecule has 2 fully saturated rings. The van der Waals surface area contributed by atoms with Crippen LogP contribution in [0.2, 0.25) is 0 Å². The predicted octanol–water partition coefficient (Wildman–Crippen LogP) is 2.67. The molecule has 2 aliphatic heterocycles. The monoisotopic (exact) mass is 510 g/mol. The molecule has 4 rings (SSSR count). The van der Waals surface area contributed by atoms with Crippen LogP contribution in [0.4, 0.5) is 22.7 Å². The van der Waals surface area contributed by atoms with E-state index in [2.05, 4.69) is 9.80 Å². The van der Waals surface area contributed by atoms with Crippen molar-refractivity contribution in [2.75, 3.05) is 62.2 Å². The molecule has 12 heteroatoms. The van der Waals surface area contributed by atoms with E-state index in [-0.39, 0.29) is 23.2 Å². The zero-order chi connectivity index (χ0) is 26.4. The summed E-state index contributed by atoms with van der Waals surface area (Å²) < 4.78 is 0. The molecule has 12 nitrogen and oxygen atoms in total. The normalized spacial score (nSPS) is 16.0. The van der Waals surface area contributed by atoms with Gasteiger partial charge in [0.05, 0.1) is 9.85 Å². The molecule has 0 unspecified atom stereocenters. The van der Waals surface area contributed by atoms with Gasteiger partial charge in [-0.1, -0.05) is 0 Å². The van der Waals surface area contributed by atoms with Crippen molar-refractivity contribution in [2.45, 2.75) is 19.3 Å². The van der Waals surface area contributed by atoms with Gasteiger partial charge in [-0.3, -0.25) is 29.8 Å². The lowest BCUT2D eigenvalue weighted by Crippen LogP contribution is -2.49. The lowest BCUT2D eigenvalue weighted by atomic mass is 10.1. The second-order valence-electron chi connectivity index (χ2n) is 9.14. The quantitative estimate of drug-likeness (QED) is 0.391. The molecule has 2 amide bonds. The fourth-order valence-electron chi connectivity index (χ4n) is 4.71. The van der Waals surface area contributed by atoms with Crippen LogP contribution >= 0.6 is 0 Å². The molecule has 2 aromatic rings. The number of nitro groups is 2. The van der Waals surface area contributed by atoms with Gasteiger partial charge in [-0.15, -0.1) is 0 Å². The number of carbonyl (C=O) groups is 2. The number of benzene rings is 2. The van der Waals surface area contributed by atoms with Gasteiger partial charge in [0.15, 0.2) is 0 Å². The van der Waals surface area contributed by atoms with Gasteiger partial charge in [-0.05, 0) is 30.7 Å². The highest BCUT2D eigenvalue weighted by Gasteiger charge is 2.24. The van der Waals surface area contributed by atoms with Crippen LogP contribution in [0.15, 0.2) is 48.5 Å². The smallest absolute Gasteiger partial charge is 0.269 e. The summed E-state index contributed by atoms with van der Waals surface area (Å²) in [7, 11) is 0. The van der Waals surface area contributed by atoms with Crippen molar-refractivity contribution in [1.82, 2.24) is 9.80 Å². The Labute approximate surface area is 214 Å². The third-order valence-electron chi connectivity index (χ3n) is 6.90. The van der Waals surface area contributed by atoms with Crippen molar-refractivity contribution in [3.8, 4) is 0 Å². The molecule has 2 aromatic carbocycles. The highest BCUT2D eigenvalue weighted by atomic mass is 16.6. The molecule has 0 spiro atoms. The Bertz CT molecular complexity index is 1030. The van der Waals surface area contributed by atoms with E-state index in [1.54, 1.807) is 24.3 Å². The summed E-state index contributed by atoms with van der Waals surface area (Å²) >= 11 is 0. The number of anilines is 2. The average molecular weight is 511 g/mol. The number of nitrogens with zero attached hydrogens (tertiary/aromatic N) is 6. The third-order valence-corrected chi connectivity index (χ3v) is 6.90. The Morgan fingerprint density at radius 1 is 0.595 bits per heavy atom. The Balaban J connectivity index is 1.14. The zero-order valence-electron chi connectivity index (χ0n) is 20.5. The van der Waals surface area contributed by atoms with Gasteiger partial charge >= 0.3 is 0 Å². The molecule has 0 radical (unpaired) electrons. The summed E-state index contributed by atoms with van der Waals surface area (Å²) in [4.78, 5) is 53.9. The van der Waals surface area contributed by atoms with Gasteiger partial charge in [0.25, 0.3) is 11.4 Å². The van der Waals surface area contributed by atoms with Crippen LogP contribution in [-0.4, -0.2) is 83.8 Å². The largest absolute Gasteiger partial charge is 0.368 e. The highest BCUT2D eigenvalue weighted by Crippen LogP contribution is 2.22. The van der Waals surface area contributed by atoms with E-state index in [0.717, 1.165) is 11.4 Å². The number of hydrogen-bond acceptors (Lipinski definition) is 8. The molecule has 0 N–H and O–H groups in total. The maximum absolute atomic E-state index is 12.6. The Kier molecular flexibility index (Phi) is 8.16. The molecule has 2 heterocycles. The Hall–Kier alpha value is -4.22. The third kappa shape index (κ3) is 6.51. The first-order chi connectivity index (χ1) is 17.8. The first-order valence-electron chi connectivity index (χ1n) is 12.4. The number of piperazine rings is 2. The van der Waals surface area contributed by atoms with Crippen LogP contribution in [0.3, 0.4) is 0 Å². The minimum absolute atomic E-state index is 0.0409. The molecular weight excluding hydrogens is 480 g/mol. The van der Waals surface area contributed by atoms with Crippen LogP contribution in [0, 0.1) is 20.2 Å². The minimum atomic E-state index is -0.424. The van der Waals surface area contributed by atoms with E-state index >= 15 is 0 Å². The molecule has 0 saturated carbocycles. The number of rotatable bonds is 8. The lowest BCUT2D eigenvalue weighted by Gasteiger charge is -2.36. The molecule has 37 heavy (non-hydrogen) atoms. The minimum Gasteiger partial charge on any atom is -0.368 e. The van der Waals surface area contributed by atoms with Gasteiger partial charge in [0.2, 0.25) is 11.8 Å². The summed E-state index contributed by atoms with van der Waals surface area (Å²) in [5, 5.41) is 21.6. The van der Waals surface area contributed by atoms with Crippen LogP contribution in [0.1, 0.15) is 19.3 Å². The summed E-state index contributed by atoms with van der Waals surface area (Å²) in [6.45, 7) is 4.93. The first kappa shape index (κ1) is 25.9. The highest BCUT2D eigenvalue weighted by molar-refractivity contribution is 5.79. The van der Waals surface area contributed by atoms with Gasteiger partial charge in [-0.2, -0.15) is 0 Å². The second kappa shape index (κ2) is 11.7. The second-order valence-corrected chi connectivity index (χ2v) is 9.14. The van der Waals surface area contributed by atoms with E-state index in [1.807, 2.05) is 9.80 Å². The van der Waals surface area contributed by atoms with Crippen LogP contribution in [-0.2, 0) is 9.59 Å². The number of non-ortho nitro benzene ring substituents is 2. The average Bonchev–Trinajstić information content (AvgIpc) is 2.93. The summed E-state index contributed by atoms with van der Waals surface area (Å²) in [6.07, 6.45) is 1.15. The van der Waals surface area contributed by atoms with Crippen molar-refractivity contribution in [1.29, 1.82) is 0 Å². The molecule has 0 bridgehead atoms. The maximum Gasteiger partial charge on any atom is 0.269 e. The molecule has 196 valence electrons. The molecule has 0 atom stereocenters. The van der Waals surface area contributed by atoms with Crippen molar-refractivity contribution in [2.24, 2.45) is 0 Å². The van der Waals surface area contributed by atoms with Crippen LogP contribution in [0.5, 0.6) is 0 Å². The number of hydrogen-bond donors (Lipinski definition) is 0. The van der Waals surface area contributed by atoms with Crippen molar-refractivity contribution < 1.29 is 19.4 Å². The SMILES string of the molecule is O=C(CCCC(=O)N1CCN(c2ccc([N+](=O)[O-])cc2)CC1)N1CCN(c2ccc([N+](=O)[O-])cc2)CC1. The fourth-order valence-corrected chi connectivity index (χ4v) is 4.71. The van der Waals surface area contributed by atoms with E-state index in [9.17, 15) is 29.8 Å². The van der Waals surface area contributed by atoms with E-state index in [0.29, 0.717) is 71.6 Å². The van der Waals surface area contributed by atoms with E-state index in [1.165, 1.54) is 24.3 Å². The van der Waals surface area contributed by atoms with Crippen molar-refractivity contribution in [3.63, 3.8) is 0 Å². The van der Waals surface area contributed by atoms with Crippen LogP contribution < -0.4 is 9.80 Å². The fraction of sp³-hybridized carbons (Fsp3) is 0.440. The van der Waals surface area contributed by atoms with Gasteiger partial charge in [-0.25, -0.2) is 0 Å². The molecular formula is C25H30N6O6. The van der Waals surface area contributed by atoms with E-state index < -0.39 is 9.85 Å². The zero-order valence-corrected chi connectivity index (χ0v) is 20.5. The summed E-state index contributed by atoms with van der Waals surface area (Å²) in [5.41, 5.74) is 1.91. The molecule has 0 aliphatic carbocycles. The van der Waals surface area contributed by atoms with E-state index in [4.69, 9.17) is 0 Å². The van der Waals surface area contributed by atoms with Crippen molar-refractivity contribution in [3.05, 3.63) is 68.8 Å². The van der Waals surface area contributed by atoms with Gasteiger partial charge in [0, 0.05) is 101 Å². The number of nitro benzene ring substituents is 2. The summed E-state index contributed by atoms with van der Waals surface area (Å²) in [5.74, 6) is 0.0817. The van der Waals surface area contributed by atoms with Gasteiger partial charge < -0.3 is 19.6 Å². The van der Waals surface area contributed by atoms with Crippen LogP contribution in [0.25, 0.3) is 0 Å². The number of amides is 2. The standard InChI is InChI=1S/C25H30N6O6/c32-24(28-16-12-26(13-17-28)20-4-8-22(9-5-20)30(34)35)2-1-3-25(33)29-18-14-27(15-19-29)21-6-10-23(11-7-21)31(36)37/h4-11H,1-3,12-19H2. The molecule has 0 aromatic heterocycles. The molecule has 2 aliphatic rings. The Morgan fingerprint density at radius 2 is 0.919 bits per heavy atom. The Morgan fingerprint density at radius 3 is 1.22 bits per heavy atom.